The summed E-state index contributed by atoms with van der Waals surface area (Å²) in [6, 6.07) is 2.34. The van der Waals surface area contributed by atoms with Crippen molar-refractivity contribution in [1.29, 1.82) is 0 Å². The minimum Gasteiger partial charge on any atom is -0.360 e. The lowest BCUT2D eigenvalue weighted by atomic mass is 9.74. The van der Waals surface area contributed by atoms with Crippen molar-refractivity contribution in [3.05, 3.63) is 23.9 Å². The van der Waals surface area contributed by atoms with Crippen LogP contribution >= 0.6 is 0 Å². The Balaban J connectivity index is 1.38. The lowest BCUT2D eigenvalue weighted by Gasteiger charge is -2.42. The number of hydrogen-bond acceptors (Lipinski definition) is 5. The fourth-order valence-corrected chi connectivity index (χ4v) is 5.59. The molecule has 1 N–H and O–H groups in total. The molecule has 33 heavy (non-hydrogen) atoms. The van der Waals surface area contributed by atoms with Crippen LogP contribution in [0.15, 0.2) is 18.3 Å². The number of amides is 1. The molecule has 3 fully saturated rings. The van der Waals surface area contributed by atoms with E-state index >= 15 is 0 Å². The summed E-state index contributed by atoms with van der Waals surface area (Å²) in [5.74, 6) is 0.703. The predicted molar refractivity (Wildman–Crippen MR) is 120 cm³/mol. The molecule has 1 aromatic rings. The van der Waals surface area contributed by atoms with Crippen LogP contribution in [0.2, 0.25) is 0 Å². The number of rotatable bonds is 5. The molecule has 0 radical (unpaired) electrons. The van der Waals surface area contributed by atoms with Crippen molar-refractivity contribution >= 4 is 11.7 Å². The van der Waals surface area contributed by atoms with E-state index in [9.17, 15) is 18.0 Å². The molecule has 1 saturated carbocycles. The number of nitrogens with one attached hydrogen (secondary N) is 1. The molecule has 0 spiro atoms. The second kappa shape index (κ2) is 9.41. The molecule has 6 nitrogen and oxygen atoms in total. The van der Waals surface area contributed by atoms with E-state index in [0.29, 0.717) is 32.0 Å². The lowest BCUT2D eigenvalue weighted by Crippen LogP contribution is -2.54. The fraction of sp³-hybridized carbons (Fsp3) is 0.750. The van der Waals surface area contributed by atoms with E-state index in [-0.39, 0.29) is 30.2 Å². The highest BCUT2D eigenvalue weighted by atomic mass is 19.4. The molecule has 4 atom stereocenters. The fourth-order valence-electron chi connectivity index (χ4n) is 5.59. The van der Waals surface area contributed by atoms with E-state index in [2.05, 4.69) is 31.1 Å². The van der Waals surface area contributed by atoms with E-state index in [1.807, 2.05) is 9.80 Å². The van der Waals surface area contributed by atoms with Crippen LogP contribution < -0.4 is 10.2 Å². The second-order valence-corrected chi connectivity index (χ2v) is 10.1. The third kappa shape index (κ3) is 5.14. The van der Waals surface area contributed by atoms with Crippen LogP contribution in [0.5, 0.6) is 0 Å². The Morgan fingerprint density at radius 3 is 2.55 bits per heavy atom. The normalized spacial score (nSPS) is 30.9. The first-order valence-electron chi connectivity index (χ1n) is 12.1. The van der Waals surface area contributed by atoms with E-state index in [1.54, 1.807) is 0 Å². The number of ether oxygens (including phenoxy) is 1. The van der Waals surface area contributed by atoms with Crippen LogP contribution in [-0.2, 0) is 15.7 Å². The van der Waals surface area contributed by atoms with Gasteiger partial charge in [-0.05, 0) is 57.1 Å². The number of hydrogen-bond donors (Lipinski definition) is 1. The Hall–Kier alpha value is -1.87. The molecule has 9 heteroatoms. The first-order valence-corrected chi connectivity index (χ1v) is 12.1. The average molecular weight is 469 g/mol. The Morgan fingerprint density at radius 1 is 1.21 bits per heavy atom. The highest BCUT2D eigenvalue weighted by molar-refractivity contribution is 5.83. The van der Waals surface area contributed by atoms with Gasteiger partial charge in [-0.2, -0.15) is 13.2 Å². The average Bonchev–Trinajstić information content (AvgIpc) is 3.40. The highest BCUT2D eigenvalue weighted by Gasteiger charge is 2.50. The molecule has 2 unspecified atom stereocenters. The van der Waals surface area contributed by atoms with Gasteiger partial charge >= 0.3 is 6.18 Å². The maximum absolute atomic E-state index is 13.7. The second-order valence-electron chi connectivity index (χ2n) is 10.1. The molecule has 3 aliphatic rings. The minimum absolute atomic E-state index is 0.0755. The molecule has 0 bridgehead atoms. The molecule has 3 heterocycles. The van der Waals surface area contributed by atoms with Gasteiger partial charge in [-0.1, -0.05) is 13.8 Å². The summed E-state index contributed by atoms with van der Waals surface area (Å²) in [6.07, 6.45) is 1.82. The van der Waals surface area contributed by atoms with Crippen molar-refractivity contribution in [3.63, 3.8) is 0 Å². The van der Waals surface area contributed by atoms with Gasteiger partial charge in [0.15, 0.2) is 0 Å². The van der Waals surface area contributed by atoms with Gasteiger partial charge in [-0.15, -0.1) is 0 Å². The van der Waals surface area contributed by atoms with Crippen LogP contribution in [0.25, 0.3) is 0 Å². The summed E-state index contributed by atoms with van der Waals surface area (Å²) in [7, 11) is 0. The summed E-state index contributed by atoms with van der Waals surface area (Å²) < 4.78 is 45.1. The molecule has 4 rings (SSSR count). The SMILES string of the molecule is CC1CCC(N[C@H]2CC[C@](C(=O)N3CCN(c4cc(C(F)(F)F)ccn4)CC3)(C(C)C)C2)O1. The summed E-state index contributed by atoms with van der Waals surface area (Å²) in [5, 5.41) is 3.62. The van der Waals surface area contributed by atoms with Crippen LogP contribution in [0.3, 0.4) is 0 Å². The van der Waals surface area contributed by atoms with Gasteiger partial charge in [-0.3, -0.25) is 10.1 Å². The van der Waals surface area contributed by atoms with Gasteiger partial charge in [0.1, 0.15) is 12.0 Å². The molecule has 1 amide bonds. The van der Waals surface area contributed by atoms with Crippen molar-refractivity contribution < 1.29 is 22.7 Å². The maximum Gasteiger partial charge on any atom is 0.416 e. The van der Waals surface area contributed by atoms with Crippen molar-refractivity contribution in [1.82, 2.24) is 15.2 Å². The number of carbonyl (C=O) groups is 1. The Kier molecular flexibility index (Phi) is 6.92. The van der Waals surface area contributed by atoms with E-state index in [0.717, 1.165) is 44.2 Å². The van der Waals surface area contributed by atoms with Crippen molar-refractivity contribution in [3.8, 4) is 0 Å². The molecule has 2 aliphatic heterocycles. The predicted octanol–water partition coefficient (Wildman–Crippen LogP) is 4.06. The van der Waals surface area contributed by atoms with Crippen LogP contribution in [0.1, 0.15) is 58.4 Å². The number of piperazine rings is 1. The third-order valence-corrected chi connectivity index (χ3v) is 7.70. The monoisotopic (exact) mass is 468 g/mol. The number of nitrogens with zero attached hydrogens (tertiary/aromatic N) is 3. The lowest BCUT2D eigenvalue weighted by molar-refractivity contribution is -0.145. The Morgan fingerprint density at radius 2 is 1.94 bits per heavy atom. The molecule has 0 aromatic carbocycles. The molecule has 2 saturated heterocycles. The van der Waals surface area contributed by atoms with E-state index < -0.39 is 17.2 Å². The largest absolute Gasteiger partial charge is 0.416 e. The van der Waals surface area contributed by atoms with E-state index in [1.165, 1.54) is 6.20 Å². The number of anilines is 1. The number of halogens is 3. The van der Waals surface area contributed by atoms with Crippen molar-refractivity contribution in [2.75, 3.05) is 31.1 Å². The van der Waals surface area contributed by atoms with Crippen LogP contribution in [-0.4, -0.2) is 60.3 Å². The van der Waals surface area contributed by atoms with Crippen molar-refractivity contribution in [2.45, 2.75) is 77.4 Å². The Bertz CT molecular complexity index is 841. The van der Waals surface area contributed by atoms with Gasteiger partial charge in [0.05, 0.1) is 17.1 Å². The summed E-state index contributed by atoms with van der Waals surface area (Å²) in [5.41, 5.74) is -1.10. The quantitative estimate of drug-likeness (QED) is 0.707. The highest BCUT2D eigenvalue weighted by Crippen LogP contribution is 2.46. The van der Waals surface area contributed by atoms with Gasteiger partial charge in [0, 0.05) is 38.4 Å². The van der Waals surface area contributed by atoms with Gasteiger partial charge < -0.3 is 14.5 Å². The Labute approximate surface area is 193 Å². The number of pyridine rings is 1. The smallest absolute Gasteiger partial charge is 0.360 e. The zero-order valence-corrected chi connectivity index (χ0v) is 19.7. The van der Waals surface area contributed by atoms with Gasteiger partial charge in [0.25, 0.3) is 0 Å². The topological polar surface area (TPSA) is 57.7 Å². The third-order valence-electron chi connectivity index (χ3n) is 7.70. The molecular formula is C24H35F3N4O2. The van der Waals surface area contributed by atoms with E-state index in [4.69, 9.17) is 4.74 Å². The van der Waals surface area contributed by atoms with Gasteiger partial charge in [-0.25, -0.2) is 4.98 Å². The molecule has 184 valence electrons. The van der Waals surface area contributed by atoms with Crippen LogP contribution in [0, 0.1) is 11.3 Å². The first kappa shape index (κ1) is 24.3. The number of aromatic nitrogens is 1. The summed E-state index contributed by atoms with van der Waals surface area (Å²) in [6.45, 7) is 8.27. The minimum atomic E-state index is -4.40. The molecule has 1 aliphatic carbocycles. The van der Waals surface area contributed by atoms with Crippen molar-refractivity contribution in [2.24, 2.45) is 11.3 Å². The maximum atomic E-state index is 13.7. The molecular weight excluding hydrogens is 433 g/mol. The zero-order chi connectivity index (χ0) is 23.8. The number of carbonyl (C=O) groups excluding carboxylic acids is 1. The summed E-state index contributed by atoms with van der Waals surface area (Å²) >= 11 is 0. The van der Waals surface area contributed by atoms with Gasteiger partial charge in [0.2, 0.25) is 5.91 Å². The van der Waals surface area contributed by atoms with Crippen LogP contribution in [0.4, 0.5) is 19.0 Å². The number of alkyl halides is 3. The molecule has 1 aromatic heterocycles. The summed E-state index contributed by atoms with van der Waals surface area (Å²) in [4.78, 5) is 21.6. The first-order chi connectivity index (χ1) is 15.6. The standard InChI is InChI=1S/C24H35F3N4O2/c1-16(2)23(8-6-19(15-23)29-21-5-4-17(3)33-21)22(32)31-12-10-30(11-13-31)20-14-18(7-9-28-20)24(25,26)27/h7,9,14,16-17,19,21,29H,4-6,8,10-13,15H2,1-3H3/t17?,19-,21?,23+/m0/s1. The zero-order valence-electron chi connectivity index (χ0n) is 19.7.